The van der Waals surface area contributed by atoms with Crippen molar-refractivity contribution in [2.45, 2.75) is 10.9 Å². The van der Waals surface area contributed by atoms with E-state index < -0.39 is 10.7 Å². The van der Waals surface area contributed by atoms with Gasteiger partial charge in [0, 0.05) is 32.1 Å². The van der Waals surface area contributed by atoms with Gasteiger partial charge in [-0.25, -0.2) is 0 Å². The van der Waals surface area contributed by atoms with E-state index in [9.17, 15) is 4.79 Å². The lowest BCUT2D eigenvalue weighted by atomic mass is 9.98. The largest absolute Gasteiger partial charge is 0.377 e. The highest BCUT2D eigenvalue weighted by atomic mass is 35.5. The minimum atomic E-state index is -1.22. The van der Waals surface area contributed by atoms with Crippen molar-refractivity contribution in [2.75, 3.05) is 11.9 Å². The molecule has 1 N–H and O–H groups in total. The first-order chi connectivity index (χ1) is 12.0. The molecule has 0 aliphatic carbocycles. The summed E-state index contributed by atoms with van der Waals surface area (Å²) in [6.45, 7) is 0.327. The van der Waals surface area contributed by atoms with Crippen LogP contribution < -0.4 is 5.32 Å². The van der Waals surface area contributed by atoms with Gasteiger partial charge >= 0.3 is 0 Å². The van der Waals surface area contributed by atoms with Crippen LogP contribution in [-0.2, 0) is 9.63 Å². The van der Waals surface area contributed by atoms with Crippen LogP contribution in [-0.4, -0.2) is 17.4 Å². The Kier molecular flexibility index (Phi) is 5.69. The Labute approximate surface area is 163 Å². The number of carbonyl (C=O) groups is 1. The van der Waals surface area contributed by atoms with Crippen molar-refractivity contribution in [3.8, 4) is 11.1 Å². The maximum absolute atomic E-state index is 12.0. The maximum atomic E-state index is 12.0. The highest BCUT2D eigenvalue weighted by Crippen LogP contribution is 2.40. The number of nitrogens with one attached hydrogen (secondary N) is 1. The number of halogens is 4. The number of hydrogen-bond acceptors (Lipinski definition) is 4. The van der Waals surface area contributed by atoms with Gasteiger partial charge in [0.2, 0.25) is 0 Å². The lowest BCUT2D eigenvalue weighted by Gasteiger charge is -2.16. The number of alkyl halides is 2. The highest BCUT2D eigenvalue weighted by Gasteiger charge is 2.21. The van der Waals surface area contributed by atoms with E-state index in [1.807, 2.05) is 6.07 Å². The lowest BCUT2D eigenvalue weighted by molar-refractivity contribution is -0.114. The van der Waals surface area contributed by atoms with Crippen LogP contribution in [0.3, 0.4) is 0 Å². The van der Waals surface area contributed by atoms with Crippen LogP contribution >= 0.6 is 46.4 Å². The van der Waals surface area contributed by atoms with E-state index in [-0.39, 0.29) is 6.04 Å². The second kappa shape index (κ2) is 7.79. The molecule has 0 radical (unpaired) electrons. The molecular weight excluding hydrogens is 408 g/mol. The molecule has 9 heteroatoms. The van der Waals surface area contributed by atoms with Gasteiger partial charge in [-0.1, -0.05) is 64.6 Å². The van der Waals surface area contributed by atoms with E-state index in [2.05, 4.69) is 15.7 Å². The van der Waals surface area contributed by atoms with E-state index in [4.69, 9.17) is 51.2 Å². The third-order valence-corrected chi connectivity index (χ3v) is 4.62. The van der Waals surface area contributed by atoms with Crippen LogP contribution in [0, 0.1) is 0 Å². The minimum absolute atomic E-state index is 0.255. The number of nitrogens with zero attached hydrogens (tertiary/aromatic N) is 2. The van der Waals surface area contributed by atoms with Crippen molar-refractivity contribution in [2.24, 2.45) is 10.4 Å². The van der Waals surface area contributed by atoms with E-state index in [0.717, 1.165) is 5.56 Å². The van der Waals surface area contributed by atoms with Gasteiger partial charge in [-0.05, 0) is 23.8 Å². The number of amides is 1. The van der Waals surface area contributed by atoms with Gasteiger partial charge < -0.3 is 10.2 Å². The minimum Gasteiger partial charge on any atom is -0.377 e. The van der Waals surface area contributed by atoms with Gasteiger partial charge in [-0.3, -0.25) is 4.79 Å². The third-order valence-electron chi connectivity index (χ3n) is 3.59. The van der Waals surface area contributed by atoms with Gasteiger partial charge in [0.05, 0.1) is 0 Å². The Morgan fingerprint density at radius 3 is 2.52 bits per heavy atom. The average molecular weight is 419 g/mol. The van der Waals surface area contributed by atoms with E-state index in [1.165, 1.54) is 0 Å². The SMILES string of the molecule is O=C(Nc1cc(C2CON=N2)ccc1-c1c(Cl)cccc1Cl)C(Cl)Cl. The van der Waals surface area contributed by atoms with Crippen molar-refractivity contribution in [3.63, 3.8) is 0 Å². The summed E-state index contributed by atoms with van der Waals surface area (Å²) in [5.74, 6) is -0.561. The quantitative estimate of drug-likeness (QED) is 0.633. The lowest BCUT2D eigenvalue weighted by Crippen LogP contribution is -2.19. The average Bonchev–Trinajstić information content (AvgIpc) is 3.10. The number of rotatable bonds is 4. The number of carbonyl (C=O) groups excluding carboxylic acids is 1. The van der Waals surface area contributed by atoms with E-state index in [1.54, 1.807) is 30.3 Å². The molecule has 1 atom stereocenters. The van der Waals surface area contributed by atoms with Crippen molar-refractivity contribution < 1.29 is 9.63 Å². The van der Waals surface area contributed by atoms with Gasteiger partial charge in [0.15, 0.2) is 4.84 Å². The summed E-state index contributed by atoms with van der Waals surface area (Å²) in [7, 11) is 0. The standard InChI is InChI=1S/C16H11Cl4N3O2/c17-10-2-1-3-11(18)14(10)9-5-4-8(13-7-25-23-22-13)6-12(9)21-16(24)15(19)20/h1-6,13,15H,7H2,(H,21,24). The Morgan fingerprint density at radius 2 is 1.92 bits per heavy atom. The molecule has 0 spiro atoms. The smallest absolute Gasteiger partial charge is 0.257 e. The number of anilines is 1. The molecule has 0 saturated heterocycles. The first-order valence-electron chi connectivity index (χ1n) is 7.17. The predicted octanol–water partition coefficient (Wildman–Crippen LogP) is 5.84. The molecule has 2 aromatic carbocycles. The zero-order valence-electron chi connectivity index (χ0n) is 12.5. The Balaban J connectivity index is 2.10. The molecule has 0 fully saturated rings. The second-order valence-electron chi connectivity index (χ2n) is 5.20. The van der Waals surface area contributed by atoms with Crippen molar-refractivity contribution in [1.29, 1.82) is 0 Å². The molecular formula is C16H11Cl4N3O2. The number of benzene rings is 2. The van der Waals surface area contributed by atoms with Crippen LogP contribution in [0.4, 0.5) is 5.69 Å². The Bertz CT molecular complexity index is 822. The summed E-state index contributed by atoms with van der Waals surface area (Å²) in [4.78, 5) is 15.7. The van der Waals surface area contributed by atoms with Gasteiger partial charge in [-0.2, -0.15) is 0 Å². The molecule has 3 rings (SSSR count). The molecule has 1 heterocycles. The molecule has 5 nitrogen and oxygen atoms in total. The molecule has 130 valence electrons. The summed E-state index contributed by atoms with van der Waals surface area (Å²) in [5.41, 5.74) is 2.50. The summed E-state index contributed by atoms with van der Waals surface area (Å²) in [6, 6.07) is 10.3. The summed E-state index contributed by atoms with van der Waals surface area (Å²) in [5, 5.41) is 11.1. The van der Waals surface area contributed by atoms with Crippen molar-refractivity contribution in [3.05, 3.63) is 52.0 Å². The van der Waals surface area contributed by atoms with E-state index >= 15 is 0 Å². The maximum Gasteiger partial charge on any atom is 0.257 e. The first kappa shape index (κ1) is 18.3. The fraction of sp³-hybridized carbons (Fsp3) is 0.188. The van der Waals surface area contributed by atoms with Crippen molar-refractivity contribution in [1.82, 2.24) is 0 Å². The molecule has 25 heavy (non-hydrogen) atoms. The fourth-order valence-corrected chi connectivity index (χ4v) is 3.13. The summed E-state index contributed by atoms with van der Waals surface area (Å²) < 4.78 is 0. The van der Waals surface area contributed by atoms with Gasteiger partial charge in [0.25, 0.3) is 5.91 Å². The summed E-state index contributed by atoms with van der Waals surface area (Å²) in [6.07, 6.45) is 0. The fourth-order valence-electron chi connectivity index (χ4n) is 2.42. The molecule has 2 aromatic rings. The molecule has 1 unspecified atom stereocenters. The monoisotopic (exact) mass is 417 g/mol. The van der Waals surface area contributed by atoms with Crippen molar-refractivity contribution >= 4 is 58.0 Å². The predicted molar refractivity (Wildman–Crippen MR) is 99.6 cm³/mol. The van der Waals surface area contributed by atoms with Crippen LogP contribution in [0.15, 0.2) is 46.8 Å². The Hall–Kier alpha value is -1.53. The van der Waals surface area contributed by atoms with E-state index in [0.29, 0.717) is 33.5 Å². The molecule has 1 amide bonds. The highest BCUT2D eigenvalue weighted by molar-refractivity contribution is 6.54. The van der Waals surface area contributed by atoms with Crippen LogP contribution in [0.25, 0.3) is 11.1 Å². The van der Waals surface area contributed by atoms with Crippen LogP contribution in [0.2, 0.25) is 10.0 Å². The third kappa shape index (κ3) is 4.01. The molecule has 0 saturated carbocycles. The van der Waals surface area contributed by atoms with Crippen LogP contribution in [0.1, 0.15) is 11.6 Å². The van der Waals surface area contributed by atoms with Crippen LogP contribution in [0.5, 0.6) is 0 Å². The molecule has 1 aliphatic heterocycles. The molecule has 0 bridgehead atoms. The molecule has 1 aliphatic rings. The second-order valence-corrected chi connectivity index (χ2v) is 7.11. The van der Waals surface area contributed by atoms with Gasteiger partial charge in [0.1, 0.15) is 12.6 Å². The molecule has 0 aromatic heterocycles. The topological polar surface area (TPSA) is 63.0 Å². The zero-order chi connectivity index (χ0) is 18.0. The normalized spacial score (nSPS) is 16.1. The summed E-state index contributed by atoms with van der Waals surface area (Å²) >= 11 is 23.9. The zero-order valence-corrected chi connectivity index (χ0v) is 15.6. The number of hydrogen-bond donors (Lipinski definition) is 1. The van der Waals surface area contributed by atoms with Gasteiger partial charge in [-0.15, -0.1) is 5.11 Å². The first-order valence-corrected chi connectivity index (χ1v) is 8.79. The Morgan fingerprint density at radius 1 is 1.20 bits per heavy atom.